The van der Waals surface area contributed by atoms with E-state index in [1.807, 2.05) is 30.2 Å². The molecule has 76 heavy (non-hydrogen) atoms. The van der Waals surface area contributed by atoms with Crippen LogP contribution in [-0.2, 0) is 70.3 Å². The first kappa shape index (κ1) is 62.0. The zero-order chi connectivity index (χ0) is 55.8. The van der Waals surface area contributed by atoms with Crippen molar-refractivity contribution in [3.05, 3.63) is 95.8 Å². The van der Waals surface area contributed by atoms with Crippen LogP contribution < -0.4 is 15.5 Å². The van der Waals surface area contributed by atoms with Crippen LogP contribution in [0.5, 0.6) is 0 Å². The Kier molecular flexibility index (Phi) is 22.6. The van der Waals surface area contributed by atoms with E-state index in [9.17, 15) is 61.5 Å². The SMILES string of the molecule is CC1(C)C(/C=C/C=C/C=C2/N(CCCS(=O)(=O)O)c3ccc(S(=O)(=O)O)cc3C2(C)CCCCCC(=O)NCCOCCOCCNC(=O)OC2CC/C=C/CCC2)=[N+](CCCS(=O)(=O)O)c2ccc(S(=O)(=O)O)cc21. The van der Waals surface area contributed by atoms with Crippen LogP contribution in [0.1, 0.15) is 109 Å². The molecule has 3 aliphatic rings. The van der Waals surface area contributed by atoms with Crippen LogP contribution in [0, 0.1) is 0 Å². The normalized spacial score (nSPS) is 20.0. The predicted molar refractivity (Wildman–Crippen MR) is 287 cm³/mol. The lowest BCUT2D eigenvalue weighted by molar-refractivity contribution is -0.437. The van der Waals surface area contributed by atoms with E-state index in [2.05, 4.69) is 22.8 Å². The molecule has 0 saturated heterocycles. The van der Waals surface area contributed by atoms with Crippen molar-refractivity contribution in [3.63, 3.8) is 0 Å². The highest BCUT2D eigenvalue weighted by atomic mass is 32.2. The van der Waals surface area contributed by atoms with Gasteiger partial charge in [-0.15, -0.1) is 0 Å². The van der Waals surface area contributed by atoms with Crippen molar-refractivity contribution in [3.8, 4) is 0 Å². The number of benzene rings is 2. The van der Waals surface area contributed by atoms with E-state index in [1.54, 1.807) is 30.4 Å². The molecule has 0 aromatic heterocycles. The molecule has 21 nitrogen and oxygen atoms in total. The molecule has 422 valence electrons. The lowest BCUT2D eigenvalue weighted by Gasteiger charge is -2.30. The maximum absolute atomic E-state index is 12.7. The average Bonchev–Trinajstić information content (AvgIpc) is 3.67. The van der Waals surface area contributed by atoms with Crippen molar-refractivity contribution in [2.75, 3.05) is 69.0 Å². The minimum absolute atomic E-state index is 0.00000157. The molecule has 2 amide bonds. The Morgan fingerprint density at radius 1 is 0.724 bits per heavy atom. The van der Waals surface area contributed by atoms with Gasteiger partial charge in [0.25, 0.3) is 40.5 Å². The second-order valence-corrected chi connectivity index (χ2v) is 25.6. The van der Waals surface area contributed by atoms with Gasteiger partial charge < -0.3 is 29.7 Å². The molecule has 2 atom stereocenters. The van der Waals surface area contributed by atoms with Gasteiger partial charge in [0.2, 0.25) is 11.6 Å². The standard InChI is InChI=1S/C51H72N4O17S4/c1-50(2)42-37-40(75(64,65)66)22-24-44(42)54(29-15-35-73(58,59)60)46(50)19-11-7-12-20-47-51(3,43-38-41(76(67,68)69)23-25-45(43)55(47)30-16-36-74(61,62)63)26-14-8-13-21-48(56)52-27-31-70-33-34-71-32-28-53-49(57)72-39-17-9-5-4-6-10-18-39/h4-5,7,11-12,19-20,22-25,37-39H,6,8-10,13-18,21,26-36H2,1-3H3,(H5-,52,53,56,57,58,59,60,61,62,63,64,65,66,67,68,69)/p+1/b5-4+. The topological polar surface area (TPSA) is 310 Å². The highest BCUT2D eigenvalue weighted by Crippen LogP contribution is 2.51. The van der Waals surface area contributed by atoms with Crippen molar-refractivity contribution in [1.29, 1.82) is 0 Å². The van der Waals surface area contributed by atoms with Crippen LogP contribution in [0.25, 0.3) is 0 Å². The number of rotatable bonds is 29. The summed E-state index contributed by atoms with van der Waals surface area (Å²) in [5.41, 5.74) is 1.77. The molecule has 0 spiro atoms. The number of hydrogen-bond acceptors (Lipinski definition) is 14. The number of fused-ring (bicyclic) bond motifs is 2. The highest BCUT2D eigenvalue weighted by Gasteiger charge is 2.46. The fourth-order valence-corrected chi connectivity index (χ4v) is 11.7. The second kappa shape index (κ2) is 27.7. The molecule has 2 aromatic carbocycles. The molecule has 2 aliphatic heterocycles. The Morgan fingerprint density at radius 3 is 2.03 bits per heavy atom. The summed E-state index contributed by atoms with van der Waals surface area (Å²) in [6.07, 6.45) is 19.3. The van der Waals surface area contributed by atoms with Gasteiger partial charge >= 0.3 is 6.09 Å². The number of anilines is 1. The molecular weight excluding hydrogens is 1070 g/mol. The van der Waals surface area contributed by atoms with Crippen molar-refractivity contribution < 1.29 is 80.3 Å². The molecule has 6 N–H and O–H groups in total. The van der Waals surface area contributed by atoms with Gasteiger partial charge in [-0.05, 0) is 114 Å². The first-order valence-electron chi connectivity index (χ1n) is 25.3. The summed E-state index contributed by atoms with van der Waals surface area (Å²) in [6.45, 7) is 7.56. The lowest BCUT2D eigenvalue weighted by Crippen LogP contribution is -2.32. The zero-order valence-corrected chi connectivity index (χ0v) is 46.5. The molecular formula is C51H73N4O17S4+. The molecule has 2 heterocycles. The minimum atomic E-state index is -4.64. The van der Waals surface area contributed by atoms with E-state index in [0.717, 1.165) is 32.1 Å². The highest BCUT2D eigenvalue weighted by molar-refractivity contribution is 7.86. The quantitative estimate of drug-likeness (QED) is 0.0164. The monoisotopic (exact) mass is 1140 g/mol. The van der Waals surface area contributed by atoms with E-state index in [0.29, 0.717) is 86.0 Å². The minimum Gasteiger partial charge on any atom is -0.446 e. The Morgan fingerprint density at radius 2 is 1.36 bits per heavy atom. The van der Waals surface area contributed by atoms with E-state index in [-0.39, 0.29) is 67.3 Å². The second-order valence-electron chi connectivity index (χ2n) is 19.6. The summed E-state index contributed by atoms with van der Waals surface area (Å²) in [4.78, 5) is 26.0. The van der Waals surface area contributed by atoms with Gasteiger partial charge in [-0.25, -0.2) is 4.79 Å². The van der Waals surface area contributed by atoms with Gasteiger partial charge in [-0.3, -0.25) is 23.0 Å². The van der Waals surface area contributed by atoms with Crippen LogP contribution in [0.15, 0.2) is 94.4 Å². The van der Waals surface area contributed by atoms with Gasteiger partial charge in [0.15, 0.2) is 5.71 Å². The Bertz CT molecular complexity index is 2990. The number of amides is 2. The van der Waals surface area contributed by atoms with Crippen molar-refractivity contribution in [2.24, 2.45) is 0 Å². The van der Waals surface area contributed by atoms with Gasteiger partial charge in [0.05, 0.1) is 53.1 Å². The molecule has 0 bridgehead atoms. The molecule has 0 fully saturated rings. The Labute approximate surface area is 447 Å². The number of ether oxygens (including phenoxy) is 3. The van der Waals surface area contributed by atoms with Gasteiger partial charge in [0, 0.05) is 67.0 Å². The number of nitrogens with zero attached hydrogens (tertiary/aromatic N) is 2. The molecule has 5 rings (SSSR count). The number of alkyl carbamates (subject to hydrolysis) is 1. The number of carbonyl (C=O) groups excluding carboxylic acids is 2. The first-order chi connectivity index (χ1) is 35.7. The average molecular weight is 1140 g/mol. The number of unbranched alkanes of at least 4 members (excludes halogenated alkanes) is 2. The molecule has 0 radical (unpaired) electrons. The maximum atomic E-state index is 12.7. The predicted octanol–water partition coefficient (Wildman–Crippen LogP) is 6.60. The Balaban J connectivity index is 1.21. The molecule has 1 aliphatic carbocycles. The molecule has 0 saturated carbocycles. The van der Waals surface area contributed by atoms with Crippen molar-refractivity contribution >= 4 is 69.6 Å². The maximum Gasteiger partial charge on any atom is 0.407 e. The fraction of sp³-hybridized carbons (Fsp3) is 0.549. The van der Waals surface area contributed by atoms with Crippen LogP contribution in [-0.4, -0.2) is 144 Å². The summed E-state index contributed by atoms with van der Waals surface area (Å²) in [6, 6.07) is 8.30. The molecule has 25 heteroatoms. The van der Waals surface area contributed by atoms with Crippen molar-refractivity contribution in [2.45, 2.75) is 125 Å². The number of carbonyl (C=O) groups is 2. The lowest BCUT2D eigenvalue weighted by atomic mass is 9.77. The summed E-state index contributed by atoms with van der Waals surface area (Å²) in [7, 11) is -17.8. The van der Waals surface area contributed by atoms with E-state index < -0.39 is 68.9 Å². The van der Waals surface area contributed by atoms with Crippen LogP contribution in [0.2, 0.25) is 0 Å². The summed E-state index contributed by atoms with van der Waals surface area (Å²) in [5.74, 6) is -1.24. The number of allylic oxidation sites excluding steroid dienone is 8. The van der Waals surface area contributed by atoms with Crippen LogP contribution in [0.3, 0.4) is 0 Å². The third-order valence-electron chi connectivity index (χ3n) is 13.5. The molecule has 2 aromatic rings. The van der Waals surface area contributed by atoms with E-state index in [1.165, 1.54) is 36.4 Å². The van der Waals surface area contributed by atoms with Crippen LogP contribution >= 0.6 is 0 Å². The fourth-order valence-electron chi connectivity index (χ4n) is 9.70. The third-order valence-corrected chi connectivity index (χ3v) is 16.8. The first-order valence-corrected chi connectivity index (χ1v) is 31.4. The largest absolute Gasteiger partial charge is 0.446 e. The molecule has 2 unspecified atom stereocenters. The van der Waals surface area contributed by atoms with Crippen LogP contribution in [0.4, 0.5) is 16.2 Å². The van der Waals surface area contributed by atoms with E-state index in [4.69, 9.17) is 14.2 Å². The zero-order valence-electron chi connectivity index (χ0n) is 43.3. The van der Waals surface area contributed by atoms with Gasteiger partial charge in [0.1, 0.15) is 12.6 Å². The Hall–Kier alpha value is -4.83. The van der Waals surface area contributed by atoms with Gasteiger partial charge in [-0.2, -0.15) is 38.2 Å². The van der Waals surface area contributed by atoms with Crippen molar-refractivity contribution in [1.82, 2.24) is 10.6 Å². The third kappa shape index (κ3) is 18.7. The van der Waals surface area contributed by atoms with E-state index >= 15 is 0 Å². The number of hydrogen-bond donors (Lipinski definition) is 6. The summed E-state index contributed by atoms with van der Waals surface area (Å²) in [5, 5.41) is 5.54. The summed E-state index contributed by atoms with van der Waals surface area (Å²) >= 11 is 0. The number of nitrogens with one attached hydrogen (secondary N) is 2. The summed E-state index contributed by atoms with van der Waals surface area (Å²) < 4.78 is 153. The smallest absolute Gasteiger partial charge is 0.407 e. The van der Waals surface area contributed by atoms with Gasteiger partial charge in [-0.1, -0.05) is 43.2 Å².